The first-order chi connectivity index (χ1) is 12.4. The van der Waals surface area contributed by atoms with Gasteiger partial charge in [-0.2, -0.15) is 5.26 Å². The molecule has 3 N–H and O–H groups in total. The van der Waals surface area contributed by atoms with Gasteiger partial charge in [0.15, 0.2) is 6.54 Å². The van der Waals surface area contributed by atoms with Gasteiger partial charge in [-0.1, -0.05) is 23.7 Å². The van der Waals surface area contributed by atoms with Crippen molar-refractivity contribution in [3.63, 3.8) is 0 Å². The van der Waals surface area contributed by atoms with Crippen molar-refractivity contribution in [3.8, 4) is 6.07 Å². The highest BCUT2D eigenvalue weighted by Gasteiger charge is 2.12. The van der Waals surface area contributed by atoms with Gasteiger partial charge in [0.25, 0.3) is 11.8 Å². The number of amides is 2. The Balaban J connectivity index is 1.90. The molecule has 0 saturated carbocycles. The standard InChI is InChI=1S/C19H19ClN4O2/c1-22-19(26)14-5-3-13(4-6-14)11-24(2)12-18(25)23-16-8-7-15(10-21)17(20)9-16/h3-9H,11-12H2,1-2H3,(H,22,26)(H,23,25)/p+1. The van der Waals surface area contributed by atoms with E-state index in [4.69, 9.17) is 16.9 Å². The van der Waals surface area contributed by atoms with Crippen molar-refractivity contribution >= 4 is 29.1 Å². The number of nitrogens with one attached hydrogen (secondary N) is 3. The summed E-state index contributed by atoms with van der Waals surface area (Å²) in [6, 6.07) is 14.0. The number of halogens is 1. The van der Waals surface area contributed by atoms with Crippen LogP contribution in [0.2, 0.25) is 5.02 Å². The maximum absolute atomic E-state index is 12.2. The molecule has 7 heteroatoms. The van der Waals surface area contributed by atoms with Crippen LogP contribution in [0.4, 0.5) is 5.69 Å². The summed E-state index contributed by atoms with van der Waals surface area (Å²) in [5.41, 5.74) is 2.56. The monoisotopic (exact) mass is 371 g/mol. The molecule has 2 aromatic carbocycles. The number of hydrogen-bond donors (Lipinski definition) is 3. The van der Waals surface area contributed by atoms with E-state index >= 15 is 0 Å². The average molecular weight is 372 g/mol. The van der Waals surface area contributed by atoms with Gasteiger partial charge in [-0.3, -0.25) is 9.59 Å². The van der Waals surface area contributed by atoms with Crippen LogP contribution >= 0.6 is 11.6 Å². The number of nitrogens with zero attached hydrogens (tertiary/aromatic N) is 1. The third kappa shape index (κ3) is 5.31. The third-order valence-electron chi connectivity index (χ3n) is 3.78. The molecule has 0 bridgehead atoms. The Bertz CT molecular complexity index is 844. The van der Waals surface area contributed by atoms with E-state index in [1.165, 1.54) is 0 Å². The van der Waals surface area contributed by atoms with Crippen LogP contribution in [-0.4, -0.2) is 32.5 Å². The molecule has 6 nitrogen and oxygen atoms in total. The number of rotatable bonds is 6. The highest BCUT2D eigenvalue weighted by atomic mass is 35.5. The Kier molecular flexibility index (Phi) is 6.73. The van der Waals surface area contributed by atoms with Crippen molar-refractivity contribution in [2.45, 2.75) is 6.54 Å². The van der Waals surface area contributed by atoms with Crippen LogP contribution in [0.1, 0.15) is 21.5 Å². The van der Waals surface area contributed by atoms with Crippen LogP contribution in [0.5, 0.6) is 0 Å². The van der Waals surface area contributed by atoms with E-state index in [0.717, 1.165) is 10.5 Å². The second-order valence-electron chi connectivity index (χ2n) is 5.94. The second kappa shape index (κ2) is 8.99. The highest BCUT2D eigenvalue weighted by Crippen LogP contribution is 2.19. The fraction of sp³-hybridized carbons (Fsp3) is 0.211. The predicted molar refractivity (Wildman–Crippen MR) is 100 cm³/mol. The molecule has 0 aromatic heterocycles. The Hall–Kier alpha value is -2.88. The van der Waals surface area contributed by atoms with Crippen LogP contribution in [0.3, 0.4) is 0 Å². The molecule has 2 aromatic rings. The first-order valence-corrected chi connectivity index (χ1v) is 8.42. The normalized spacial score (nSPS) is 11.3. The minimum absolute atomic E-state index is 0.127. The van der Waals surface area contributed by atoms with Gasteiger partial charge in [-0.05, 0) is 30.3 Å². The number of benzene rings is 2. The zero-order valence-corrected chi connectivity index (χ0v) is 15.4. The lowest BCUT2D eigenvalue weighted by molar-refractivity contribution is -0.885. The van der Waals surface area contributed by atoms with Crippen LogP contribution in [0.25, 0.3) is 0 Å². The van der Waals surface area contributed by atoms with Crippen molar-refractivity contribution in [1.82, 2.24) is 5.32 Å². The molecule has 26 heavy (non-hydrogen) atoms. The number of carbonyl (C=O) groups is 2. The molecule has 1 atom stereocenters. The number of carbonyl (C=O) groups excluding carboxylic acids is 2. The summed E-state index contributed by atoms with van der Waals surface area (Å²) >= 11 is 5.96. The predicted octanol–water partition coefficient (Wildman–Crippen LogP) is 1.22. The molecule has 0 spiro atoms. The maximum atomic E-state index is 12.2. The Labute approximate surface area is 157 Å². The van der Waals surface area contributed by atoms with Crippen molar-refractivity contribution < 1.29 is 14.5 Å². The molecule has 0 saturated heterocycles. The molecular weight excluding hydrogens is 352 g/mol. The lowest BCUT2D eigenvalue weighted by atomic mass is 10.1. The van der Waals surface area contributed by atoms with Gasteiger partial charge in [0.2, 0.25) is 0 Å². The van der Waals surface area contributed by atoms with Gasteiger partial charge < -0.3 is 15.5 Å². The molecule has 0 aliphatic heterocycles. The molecule has 2 amide bonds. The van der Waals surface area contributed by atoms with Gasteiger partial charge >= 0.3 is 0 Å². The van der Waals surface area contributed by atoms with E-state index in [9.17, 15) is 9.59 Å². The van der Waals surface area contributed by atoms with Crippen molar-refractivity contribution in [2.24, 2.45) is 0 Å². The Morgan fingerprint density at radius 3 is 2.46 bits per heavy atom. The third-order valence-corrected chi connectivity index (χ3v) is 4.10. The Morgan fingerprint density at radius 2 is 1.88 bits per heavy atom. The summed E-state index contributed by atoms with van der Waals surface area (Å²) in [5.74, 6) is -0.275. The van der Waals surface area contributed by atoms with Gasteiger partial charge in [0.05, 0.1) is 17.6 Å². The molecule has 0 aliphatic rings. The van der Waals surface area contributed by atoms with Crippen LogP contribution < -0.4 is 15.5 Å². The maximum Gasteiger partial charge on any atom is 0.279 e. The Morgan fingerprint density at radius 1 is 1.19 bits per heavy atom. The highest BCUT2D eigenvalue weighted by molar-refractivity contribution is 6.32. The number of hydrogen-bond acceptors (Lipinski definition) is 3. The van der Waals surface area contributed by atoms with E-state index in [1.54, 1.807) is 37.4 Å². The van der Waals surface area contributed by atoms with Crippen LogP contribution in [-0.2, 0) is 11.3 Å². The summed E-state index contributed by atoms with van der Waals surface area (Å²) in [7, 11) is 3.51. The minimum Gasteiger partial charge on any atom is -0.355 e. The van der Waals surface area contributed by atoms with Gasteiger partial charge in [-0.15, -0.1) is 0 Å². The molecule has 134 valence electrons. The number of nitriles is 1. The van der Waals surface area contributed by atoms with Gasteiger partial charge in [-0.25, -0.2) is 0 Å². The van der Waals surface area contributed by atoms with E-state index in [-0.39, 0.29) is 18.4 Å². The zero-order valence-electron chi connectivity index (χ0n) is 14.6. The number of likely N-dealkylation sites (N-methyl/N-ethyl adjacent to an activating group) is 1. The SMILES string of the molecule is CNC(=O)c1ccc(C[NH+](C)CC(=O)Nc2ccc(C#N)c(Cl)c2)cc1. The van der Waals surface area contributed by atoms with E-state index in [0.29, 0.717) is 28.4 Å². The zero-order chi connectivity index (χ0) is 19.1. The lowest BCUT2D eigenvalue weighted by Gasteiger charge is -2.14. The minimum atomic E-state index is -0.148. The van der Waals surface area contributed by atoms with Crippen molar-refractivity contribution in [3.05, 3.63) is 64.2 Å². The number of anilines is 1. The smallest absolute Gasteiger partial charge is 0.279 e. The van der Waals surface area contributed by atoms with E-state index in [2.05, 4.69) is 10.6 Å². The van der Waals surface area contributed by atoms with E-state index in [1.807, 2.05) is 25.2 Å². The second-order valence-corrected chi connectivity index (χ2v) is 6.35. The first kappa shape index (κ1) is 19.4. The number of quaternary nitrogens is 1. The lowest BCUT2D eigenvalue weighted by Crippen LogP contribution is -3.08. The van der Waals surface area contributed by atoms with Gasteiger partial charge in [0, 0.05) is 23.9 Å². The largest absolute Gasteiger partial charge is 0.355 e. The first-order valence-electron chi connectivity index (χ1n) is 8.04. The summed E-state index contributed by atoms with van der Waals surface area (Å²) in [4.78, 5) is 24.7. The fourth-order valence-electron chi connectivity index (χ4n) is 2.49. The molecule has 1 unspecified atom stereocenters. The molecule has 0 fully saturated rings. The van der Waals surface area contributed by atoms with Crippen molar-refractivity contribution in [2.75, 3.05) is 26.0 Å². The summed E-state index contributed by atoms with van der Waals surface area (Å²) in [6.07, 6.45) is 0. The topological polar surface area (TPSA) is 86.4 Å². The summed E-state index contributed by atoms with van der Waals surface area (Å²) in [5, 5.41) is 14.5. The fourth-order valence-corrected chi connectivity index (χ4v) is 2.71. The van der Waals surface area contributed by atoms with Crippen LogP contribution in [0, 0.1) is 11.3 Å². The average Bonchev–Trinajstić information content (AvgIpc) is 2.61. The summed E-state index contributed by atoms with van der Waals surface area (Å²) < 4.78 is 0. The molecular formula is C19H20ClN4O2+. The molecule has 0 radical (unpaired) electrons. The van der Waals surface area contributed by atoms with Crippen molar-refractivity contribution in [1.29, 1.82) is 5.26 Å². The van der Waals surface area contributed by atoms with E-state index < -0.39 is 0 Å². The molecule has 0 heterocycles. The van der Waals surface area contributed by atoms with Gasteiger partial charge in [0.1, 0.15) is 12.6 Å². The molecule has 0 aliphatic carbocycles. The van der Waals surface area contributed by atoms with Crippen LogP contribution in [0.15, 0.2) is 42.5 Å². The summed E-state index contributed by atoms with van der Waals surface area (Å²) in [6.45, 7) is 0.921. The quantitative estimate of drug-likeness (QED) is 0.713. The molecule has 2 rings (SSSR count).